The minimum absolute atomic E-state index is 0.0832. The molecule has 1 atom stereocenters. The van der Waals surface area contributed by atoms with Gasteiger partial charge in [0.25, 0.3) is 0 Å². The van der Waals surface area contributed by atoms with Crippen LogP contribution in [0, 0.1) is 5.82 Å². The molecular weight excluding hydrogens is 289 g/mol. The fourth-order valence-corrected chi connectivity index (χ4v) is 2.42. The summed E-state index contributed by atoms with van der Waals surface area (Å²) in [6, 6.07) is 14.5. The zero-order chi connectivity index (χ0) is 16.9. The van der Waals surface area contributed by atoms with Crippen molar-refractivity contribution in [1.82, 2.24) is 0 Å². The van der Waals surface area contributed by atoms with Gasteiger partial charge in [-0.3, -0.25) is 0 Å². The van der Waals surface area contributed by atoms with Gasteiger partial charge in [0.1, 0.15) is 11.6 Å². The Balaban J connectivity index is 1.80. The Morgan fingerprint density at radius 2 is 1.78 bits per heavy atom. The summed E-state index contributed by atoms with van der Waals surface area (Å²) in [6.07, 6.45) is 1.67. The number of nitrogens with two attached hydrogens (primary N) is 1. The third kappa shape index (κ3) is 5.36. The van der Waals surface area contributed by atoms with Crippen LogP contribution in [0.25, 0.3) is 0 Å². The molecule has 3 heteroatoms. The number of hydrogen-bond acceptors (Lipinski definition) is 2. The molecule has 0 radical (unpaired) electrons. The van der Waals surface area contributed by atoms with Gasteiger partial charge in [-0.1, -0.05) is 45.0 Å². The van der Waals surface area contributed by atoms with Gasteiger partial charge in [0.2, 0.25) is 0 Å². The van der Waals surface area contributed by atoms with Crippen LogP contribution in [0.2, 0.25) is 0 Å². The molecule has 0 aliphatic rings. The van der Waals surface area contributed by atoms with E-state index < -0.39 is 0 Å². The van der Waals surface area contributed by atoms with E-state index in [1.165, 1.54) is 17.7 Å². The van der Waals surface area contributed by atoms with Gasteiger partial charge in [-0.15, -0.1) is 0 Å². The van der Waals surface area contributed by atoms with Gasteiger partial charge in [0.15, 0.2) is 0 Å². The normalized spacial score (nSPS) is 12.9. The van der Waals surface area contributed by atoms with Crippen molar-refractivity contribution in [3.05, 3.63) is 65.5 Å². The summed E-state index contributed by atoms with van der Waals surface area (Å²) in [5.41, 5.74) is 8.46. The quantitative estimate of drug-likeness (QED) is 0.763. The van der Waals surface area contributed by atoms with E-state index >= 15 is 0 Å². The molecule has 0 amide bonds. The number of halogens is 1. The van der Waals surface area contributed by atoms with Gasteiger partial charge >= 0.3 is 0 Å². The highest BCUT2D eigenvalue weighted by atomic mass is 19.1. The minimum Gasteiger partial charge on any atom is -0.494 e. The number of benzene rings is 2. The zero-order valence-corrected chi connectivity index (χ0v) is 14.2. The van der Waals surface area contributed by atoms with Crippen molar-refractivity contribution >= 4 is 0 Å². The maximum Gasteiger partial charge on any atom is 0.123 e. The molecule has 0 heterocycles. The molecule has 0 aliphatic carbocycles. The van der Waals surface area contributed by atoms with Crippen LogP contribution in [0.4, 0.5) is 4.39 Å². The molecule has 0 aliphatic heterocycles. The highest BCUT2D eigenvalue weighted by molar-refractivity contribution is 5.32. The molecule has 0 aromatic heterocycles. The first-order valence-corrected chi connectivity index (χ1v) is 8.10. The molecule has 0 saturated heterocycles. The average Bonchev–Trinajstić information content (AvgIpc) is 2.51. The standard InChI is InChI=1S/C20H26FNO/c1-20(2,3)16-6-4-7-18(14-16)23-13-5-8-19(22)15-9-11-17(21)12-10-15/h4,6-7,9-12,14,19H,5,8,13,22H2,1-3H3. The van der Waals surface area contributed by atoms with E-state index in [0.717, 1.165) is 24.2 Å². The van der Waals surface area contributed by atoms with E-state index in [1.807, 2.05) is 12.1 Å². The van der Waals surface area contributed by atoms with Crippen molar-refractivity contribution in [2.75, 3.05) is 6.61 Å². The van der Waals surface area contributed by atoms with Crippen LogP contribution in [0.3, 0.4) is 0 Å². The number of rotatable bonds is 6. The van der Waals surface area contributed by atoms with Crippen molar-refractivity contribution in [2.24, 2.45) is 5.73 Å². The Kier molecular flexibility index (Phi) is 5.78. The molecule has 0 saturated carbocycles. The fourth-order valence-electron chi connectivity index (χ4n) is 2.42. The smallest absolute Gasteiger partial charge is 0.123 e. The van der Waals surface area contributed by atoms with Crippen LogP contribution >= 0.6 is 0 Å². The zero-order valence-electron chi connectivity index (χ0n) is 14.2. The highest BCUT2D eigenvalue weighted by Gasteiger charge is 2.14. The first kappa shape index (κ1) is 17.5. The topological polar surface area (TPSA) is 35.2 Å². The van der Waals surface area contributed by atoms with Crippen molar-refractivity contribution in [2.45, 2.75) is 45.1 Å². The van der Waals surface area contributed by atoms with E-state index in [-0.39, 0.29) is 17.3 Å². The van der Waals surface area contributed by atoms with Crippen LogP contribution in [0.5, 0.6) is 5.75 Å². The van der Waals surface area contributed by atoms with Gasteiger partial charge in [0.05, 0.1) is 6.61 Å². The molecule has 2 nitrogen and oxygen atoms in total. The second kappa shape index (κ2) is 7.60. The Hall–Kier alpha value is -1.87. The summed E-state index contributed by atoms with van der Waals surface area (Å²) in [7, 11) is 0. The predicted octanol–water partition coefficient (Wildman–Crippen LogP) is 4.98. The van der Waals surface area contributed by atoms with E-state index in [4.69, 9.17) is 10.5 Å². The average molecular weight is 315 g/mol. The van der Waals surface area contributed by atoms with Crippen molar-refractivity contribution in [1.29, 1.82) is 0 Å². The monoisotopic (exact) mass is 315 g/mol. The second-order valence-corrected chi connectivity index (χ2v) is 6.93. The van der Waals surface area contributed by atoms with Crippen LogP contribution < -0.4 is 10.5 Å². The fraction of sp³-hybridized carbons (Fsp3) is 0.400. The third-order valence-corrected chi connectivity index (χ3v) is 3.93. The summed E-state index contributed by atoms with van der Waals surface area (Å²) in [5, 5.41) is 0. The molecule has 1 unspecified atom stereocenters. The Labute approximate surface area is 138 Å². The Morgan fingerprint density at radius 3 is 2.43 bits per heavy atom. The van der Waals surface area contributed by atoms with Crippen LogP contribution in [-0.2, 0) is 5.41 Å². The summed E-state index contributed by atoms with van der Waals surface area (Å²) in [4.78, 5) is 0. The van der Waals surface area contributed by atoms with Gasteiger partial charge < -0.3 is 10.5 Å². The molecule has 2 aromatic carbocycles. The number of hydrogen-bond donors (Lipinski definition) is 1. The number of ether oxygens (including phenoxy) is 1. The lowest BCUT2D eigenvalue weighted by Gasteiger charge is -2.20. The first-order chi connectivity index (χ1) is 10.9. The minimum atomic E-state index is -0.233. The molecule has 0 spiro atoms. The molecule has 23 heavy (non-hydrogen) atoms. The summed E-state index contributed by atoms with van der Waals surface area (Å²) in [6.45, 7) is 7.19. The molecule has 2 N–H and O–H groups in total. The van der Waals surface area contributed by atoms with Crippen LogP contribution in [-0.4, -0.2) is 6.61 Å². The Bertz CT molecular complexity index is 616. The first-order valence-electron chi connectivity index (χ1n) is 8.10. The second-order valence-electron chi connectivity index (χ2n) is 6.93. The van der Waals surface area contributed by atoms with Gasteiger partial charge in [-0.25, -0.2) is 4.39 Å². The maximum atomic E-state index is 12.9. The molecular formula is C20H26FNO. The summed E-state index contributed by atoms with van der Waals surface area (Å²) < 4.78 is 18.7. The van der Waals surface area contributed by atoms with Crippen LogP contribution in [0.1, 0.15) is 50.8 Å². The largest absolute Gasteiger partial charge is 0.494 e. The van der Waals surface area contributed by atoms with Gasteiger partial charge in [0, 0.05) is 6.04 Å². The SMILES string of the molecule is CC(C)(C)c1cccc(OCCCC(N)c2ccc(F)cc2)c1. The summed E-state index contributed by atoms with van der Waals surface area (Å²) in [5.74, 6) is 0.663. The molecule has 124 valence electrons. The van der Waals surface area contributed by atoms with Gasteiger partial charge in [-0.05, 0) is 53.6 Å². The van der Waals surface area contributed by atoms with Crippen LogP contribution in [0.15, 0.2) is 48.5 Å². The lowest BCUT2D eigenvalue weighted by Crippen LogP contribution is -2.12. The lowest BCUT2D eigenvalue weighted by atomic mass is 9.87. The maximum absolute atomic E-state index is 12.9. The van der Waals surface area contributed by atoms with Crippen molar-refractivity contribution in [3.8, 4) is 5.75 Å². The van der Waals surface area contributed by atoms with E-state index in [1.54, 1.807) is 12.1 Å². The predicted molar refractivity (Wildman–Crippen MR) is 93.2 cm³/mol. The van der Waals surface area contributed by atoms with Gasteiger partial charge in [-0.2, -0.15) is 0 Å². The van der Waals surface area contributed by atoms with Crippen molar-refractivity contribution < 1.29 is 9.13 Å². The molecule has 2 rings (SSSR count). The van der Waals surface area contributed by atoms with Crippen molar-refractivity contribution in [3.63, 3.8) is 0 Å². The summed E-state index contributed by atoms with van der Waals surface area (Å²) >= 11 is 0. The lowest BCUT2D eigenvalue weighted by molar-refractivity contribution is 0.301. The Morgan fingerprint density at radius 1 is 1.09 bits per heavy atom. The van der Waals surface area contributed by atoms with E-state index in [0.29, 0.717) is 6.61 Å². The van der Waals surface area contributed by atoms with E-state index in [2.05, 4.69) is 32.9 Å². The highest BCUT2D eigenvalue weighted by Crippen LogP contribution is 2.25. The molecule has 2 aromatic rings. The molecule has 0 fully saturated rings. The molecule has 0 bridgehead atoms. The van der Waals surface area contributed by atoms with E-state index in [9.17, 15) is 4.39 Å². The third-order valence-electron chi connectivity index (χ3n) is 3.93.